The monoisotopic (exact) mass is 309 g/mol. The molecule has 1 aliphatic rings. The van der Waals surface area contributed by atoms with Crippen molar-refractivity contribution in [1.82, 2.24) is 9.55 Å². The largest absolute Gasteiger partial charge is 0.299 e. The molecule has 0 aliphatic carbocycles. The summed E-state index contributed by atoms with van der Waals surface area (Å²) in [4.78, 5) is 8.99. The van der Waals surface area contributed by atoms with Crippen LogP contribution in [0.2, 0.25) is 0 Å². The van der Waals surface area contributed by atoms with Crippen LogP contribution < -0.4 is 0 Å². The van der Waals surface area contributed by atoms with Crippen LogP contribution in [0.5, 0.6) is 0 Å². The molecule has 114 valence electrons. The van der Waals surface area contributed by atoms with Gasteiger partial charge in [0.2, 0.25) is 0 Å². The lowest BCUT2D eigenvalue weighted by molar-refractivity contribution is 0.626. The van der Waals surface area contributed by atoms with Gasteiger partial charge in [-0.05, 0) is 49.4 Å². The van der Waals surface area contributed by atoms with E-state index in [4.69, 9.17) is 0 Å². The lowest BCUT2D eigenvalue weighted by atomic mass is 10.00. The standard InChI is InChI=1S/C18H13F2N3/c1-11-9-21-17-10-22-18(12-2-4-13(19)5-3-12)15-8-14(20)6-7-16(15)23(11)17/h2-9H,10H2,1H3. The maximum Gasteiger partial charge on any atom is 0.135 e. The van der Waals surface area contributed by atoms with Gasteiger partial charge in [0.05, 0.1) is 17.9 Å². The van der Waals surface area contributed by atoms with Gasteiger partial charge in [0, 0.05) is 23.0 Å². The van der Waals surface area contributed by atoms with Crippen LogP contribution in [0.15, 0.2) is 53.7 Å². The molecular weight excluding hydrogens is 296 g/mol. The van der Waals surface area contributed by atoms with Gasteiger partial charge in [0.25, 0.3) is 0 Å². The molecule has 0 N–H and O–H groups in total. The Kier molecular flexibility index (Phi) is 3.08. The number of rotatable bonds is 1. The van der Waals surface area contributed by atoms with Crippen molar-refractivity contribution >= 4 is 5.71 Å². The minimum Gasteiger partial charge on any atom is -0.299 e. The molecule has 0 bridgehead atoms. The Balaban J connectivity index is 1.98. The fourth-order valence-electron chi connectivity index (χ4n) is 2.91. The van der Waals surface area contributed by atoms with E-state index in [0.717, 1.165) is 22.8 Å². The zero-order valence-electron chi connectivity index (χ0n) is 12.4. The molecule has 0 atom stereocenters. The Morgan fingerprint density at radius 2 is 1.74 bits per heavy atom. The van der Waals surface area contributed by atoms with Crippen LogP contribution in [-0.4, -0.2) is 15.3 Å². The summed E-state index contributed by atoms with van der Waals surface area (Å²) < 4.78 is 29.0. The molecule has 0 fully saturated rings. The summed E-state index contributed by atoms with van der Waals surface area (Å²) in [5.74, 6) is 0.151. The fourth-order valence-corrected chi connectivity index (χ4v) is 2.91. The van der Waals surface area contributed by atoms with E-state index in [0.29, 0.717) is 17.8 Å². The lowest BCUT2D eigenvalue weighted by Crippen LogP contribution is -2.08. The number of aliphatic imine (C=N–C) groups is 1. The van der Waals surface area contributed by atoms with Crippen LogP contribution in [0.1, 0.15) is 22.6 Å². The first-order chi connectivity index (χ1) is 11.1. The first-order valence-corrected chi connectivity index (χ1v) is 7.27. The molecule has 5 heteroatoms. The van der Waals surface area contributed by atoms with Crippen molar-refractivity contribution in [3.8, 4) is 5.69 Å². The van der Waals surface area contributed by atoms with Gasteiger partial charge in [0.1, 0.15) is 17.5 Å². The lowest BCUT2D eigenvalue weighted by Gasteiger charge is -2.13. The molecule has 2 aromatic carbocycles. The van der Waals surface area contributed by atoms with Gasteiger partial charge in [-0.15, -0.1) is 0 Å². The summed E-state index contributed by atoms with van der Waals surface area (Å²) in [6.45, 7) is 2.34. The summed E-state index contributed by atoms with van der Waals surface area (Å²) in [7, 11) is 0. The quantitative estimate of drug-likeness (QED) is 0.672. The second-order valence-corrected chi connectivity index (χ2v) is 5.48. The number of hydrogen-bond acceptors (Lipinski definition) is 2. The Bertz CT molecular complexity index is 924. The number of hydrogen-bond donors (Lipinski definition) is 0. The Hall–Kier alpha value is -2.82. The average Bonchev–Trinajstić information content (AvgIpc) is 2.82. The molecule has 23 heavy (non-hydrogen) atoms. The average molecular weight is 309 g/mol. The molecule has 1 aromatic heterocycles. The minimum absolute atomic E-state index is 0.314. The van der Waals surface area contributed by atoms with E-state index in [-0.39, 0.29) is 11.6 Å². The smallest absolute Gasteiger partial charge is 0.135 e. The second-order valence-electron chi connectivity index (χ2n) is 5.48. The molecule has 2 heterocycles. The van der Waals surface area contributed by atoms with Crippen LogP contribution in [0.25, 0.3) is 5.69 Å². The summed E-state index contributed by atoms with van der Waals surface area (Å²) in [6, 6.07) is 10.7. The normalized spacial score (nSPS) is 13.1. The van der Waals surface area contributed by atoms with E-state index in [1.54, 1.807) is 24.4 Å². The van der Waals surface area contributed by atoms with Gasteiger partial charge in [-0.25, -0.2) is 13.8 Å². The number of halogens is 2. The Labute approximate surface area is 131 Å². The van der Waals surface area contributed by atoms with Gasteiger partial charge >= 0.3 is 0 Å². The van der Waals surface area contributed by atoms with Crippen molar-refractivity contribution in [2.75, 3.05) is 0 Å². The van der Waals surface area contributed by atoms with Crippen LogP contribution >= 0.6 is 0 Å². The maximum atomic E-state index is 13.8. The number of fused-ring (bicyclic) bond motifs is 3. The molecule has 0 saturated heterocycles. The number of aromatic nitrogens is 2. The molecule has 3 aromatic rings. The molecule has 3 nitrogen and oxygen atoms in total. The number of nitrogens with zero attached hydrogens (tertiary/aromatic N) is 3. The molecular formula is C18H13F2N3. The van der Waals surface area contributed by atoms with Crippen molar-refractivity contribution in [3.05, 3.63) is 82.9 Å². The summed E-state index contributed by atoms with van der Waals surface area (Å²) in [6.07, 6.45) is 1.78. The Morgan fingerprint density at radius 1 is 1.00 bits per heavy atom. The third-order valence-corrected chi connectivity index (χ3v) is 3.96. The van der Waals surface area contributed by atoms with Crippen molar-refractivity contribution in [2.45, 2.75) is 13.5 Å². The predicted molar refractivity (Wildman–Crippen MR) is 84.0 cm³/mol. The summed E-state index contributed by atoms with van der Waals surface area (Å²) in [5.41, 5.74) is 3.86. The SMILES string of the molecule is Cc1cnc2n1-c1ccc(F)cc1C(c1ccc(F)cc1)=NC2. The molecule has 1 aliphatic heterocycles. The van der Waals surface area contributed by atoms with E-state index in [1.807, 2.05) is 11.5 Å². The number of benzene rings is 2. The van der Waals surface area contributed by atoms with E-state index in [2.05, 4.69) is 9.98 Å². The van der Waals surface area contributed by atoms with Crippen molar-refractivity contribution in [3.63, 3.8) is 0 Å². The maximum absolute atomic E-state index is 13.8. The highest BCUT2D eigenvalue weighted by Gasteiger charge is 2.21. The molecule has 0 amide bonds. The predicted octanol–water partition coefficient (Wildman–Crippen LogP) is 3.81. The topological polar surface area (TPSA) is 30.2 Å². The summed E-state index contributed by atoms with van der Waals surface area (Å²) >= 11 is 0. The first kappa shape index (κ1) is 13.8. The van der Waals surface area contributed by atoms with Crippen molar-refractivity contribution in [1.29, 1.82) is 0 Å². The number of aryl methyl sites for hydroxylation is 1. The van der Waals surface area contributed by atoms with Gasteiger partial charge in [0.15, 0.2) is 0 Å². The zero-order valence-corrected chi connectivity index (χ0v) is 12.4. The highest BCUT2D eigenvalue weighted by atomic mass is 19.1. The van der Waals surface area contributed by atoms with Crippen LogP contribution in [0.3, 0.4) is 0 Å². The van der Waals surface area contributed by atoms with E-state index >= 15 is 0 Å². The molecule has 4 rings (SSSR count). The van der Waals surface area contributed by atoms with E-state index in [1.165, 1.54) is 24.3 Å². The van der Waals surface area contributed by atoms with Crippen LogP contribution in [0.4, 0.5) is 8.78 Å². The Morgan fingerprint density at radius 3 is 2.52 bits per heavy atom. The van der Waals surface area contributed by atoms with Gasteiger partial charge in [-0.2, -0.15) is 0 Å². The third-order valence-electron chi connectivity index (χ3n) is 3.96. The van der Waals surface area contributed by atoms with Crippen LogP contribution in [0, 0.1) is 18.6 Å². The summed E-state index contributed by atoms with van der Waals surface area (Å²) in [5, 5.41) is 0. The molecule has 0 saturated carbocycles. The first-order valence-electron chi connectivity index (χ1n) is 7.27. The second kappa shape index (κ2) is 5.12. The zero-order chi connectivity index (χ0) is 16.0. The fraction of sp³-hybridized carbons (Fsp3) is 0.111. The van der Waals surface area contributed by atoms with Gasteiger partial charge in [-0.1, -0.05) is 0 Å². The van der Waals surface area contributed by atoms with Crippen molar-refractivity contribution < 1.29 is 8.78 Å². The van der Waals surface area contributed by atoms with E-state index in [9.17, 15) is 8.78 Å². The third kappa shape index (κ3) is 2.25. The molecule has 0 spiro atoms. The van der Waals surface area contributed by atoms with Crippen LogP contribution in [-0.2, 0) is 6.54 Å². The van der Waals surface area contributed by atoms with Crippen molar-refractivity contribution in [2.24, 2.45) is 4.99 Å². The molecule has 0 unspecified atom stereocenters. The molecule has 0 radical (unpaired) electrons. The highest BCUT2D eigenvalue weighted by molar-refractivity contribution is 6.15. The van der Waals surface area contributed by atoms with E-state index < -0.39 is 0 Å². The van der Waals surface area contributed by atoms with Gasteiger partial charge in [-0.3, -0.25) is 9.56 Å². The highest BCUT2D eigenvalue weighted by Crippen LogP contribution is 2.27. The minimum atomic E-state index is -0.334. The number of imidazole rings is 1. The van der Waals surface area contributed by atoms with Gasteiger partial charge < -0.3 is 0 Å².